The second-order valence-electron chi connectivity index (χ2n) is 5.56. The van der Waals surface area contributed by atoms with Gasteiger partial charge in [0.15, 0.2) is 0 Å². The summed E-state index contributed by atoms with van der Waals surface area (Å²) >= 11 is 3.35. The molecule has 3 rings (SSSR count). The second-order valence-corrected chi connectivity index (χ2v) is 6.41. The average molecular weight is 367 g/mol. The van der Waals surface area contributed by atoms with Crippen molar-refractivity contribution in [3.63, 3.8) is 0 Å². The highest BCUT2D eigenvalue weighted by Gasteiger charge is 2.25. The molecule has 1 aliphatic rings. The first-order chi connectivity index (χ1) is 10.6. The lowest BCUT2D eigenvalue weighted by Crippen LogP contribution is -2.45. The zero-order chi connectivity index (χ0) is 15.7. The number of aromatic nitrogens is 1. The number of halogens is 2. The number of pyridine rings is 1. The molecule has 6 heteroatoms. The minimum absolute atomic E-state index is 0.141. The normalized spacial score (nSPS) is 21.8. The molecule has 1 saturated carbocycles. The van der Waals surface area contributed by atoms with E-state index in [1.807, 2.05) is 0 Å². The van der Waals surface area contributed by atoms with Crippen LogP contribution < -0.4 is 5.32 Å². The number of para-hydroxylation sites is 1. The number of benzene rings is 1. The van der Waals surface area contributed by atoms with Crippen LogP contribution in [-0.4, -0.2) is 28.1 Å². The molecular weight excluding hydrogens is 351 g/mol. The number of nitrogens with zero attached hydrogens (tertiary/aromatic N) is 1. The third-order valence-electron chi connectivity index (χ3n) is 4.02. The molecule has 0 bridgehead atoms. The van der Waals surface area contributed by atoms with E-state index in [2.05, 4.69) is 26.2 Å². The van der Waals surface area contributed by atoms with Crippen LogP contribution >= 0.6 is 15.9 Å². The van der Waals surface area contributed by atoms with Crippen LogP contribution in [0.4, 0.5) is 4.39 Å². The van der Waals surface area contributed by atoms with Gasteiger partial charge in [0.1, 0.15) is 17.0 Å². The van der Waals surface area contributed by atoms with Crippen molar-refractivity contribution < 1.29 is 14.3 Å². The fourth-order valence-electron chi connectivity index (χ4n) is 2.81. The smallest absolute Gasteiger partial charge is 0.270 e. The minimum atomic E-state index is -0.529. The van der Waals surface area contributed by atoms with Crippen LogP contribution in [0.25, 0.3) is 10.9 Å². The molecule has 116 valence electrons. The molecule has 4 nitrogen and oxygen atoms in total. The summed E-state index contributed by atoms with van der Waals surface area (Å²) in [6, 6.07) is 5.96. The minimum Gasteiger partial charge on any atom is -0.391 e. The van der Waals surface area contributed by atoms with Gasteiger partial charge in [-0.15, -0.1) is 0 Å². The number of aliphatic hydroxyl groups is 1. The van der Waals surface area contributed by atoms with Gasteiger partial charge in [0.25, 0.3) is 5.91 Å². The molecule has 0 radical (unpaired) electrons. The highest BCUT2D eigenvalue weighted by molar-refractivity contribution is 9.10. The van der Waals surface area contributed by atoms with Gasteiger partial charge in [0, 0.05) is 9.86 Å². The summed E-state index contributed by atoms with van der Waals surface area (Å²) in [5.74, 6) is -0.859. The Hall–Kier alpha value is -1.53. The molecule has 1 aliphatic carbocycles. The molecule has 0 aliphatic heterocycles. The van der Waals surface area contributed by atoms with Crippen molar-refractivity contribution in [3.05, 3.63) is 40.2 Å². The van der Waals surface area contributed by atoms with Crippen LogP contribution in [0.1, 0.15) is 36.2 Å². The van der Waals surface area contributed by atoms with Crippen molar-refractivity contribution in [3.8, 4) is 0 Å². The Bertz CT molecular complexity index is 723. The number of amides is 1. The van der Waals surface area contributed by atoms with Crippen molar-refractivity contribution in [1.82, 2.24) is 10.3 Å². The van der Waals surface area contributed by atoms with E-state index in [4.69, 9.17) is 0 Å². The van der Waals surface area contributed by atoms with Crippen molar-refractivity contribution in [1.29, 1.82) is 0 Å². The average Bonchev–Trinajstić information content (AvgIpc) is 2.50. The van der Waals surface area contributed by atoms with E-state index in [1.165, 1.54) is 6.07 Å². The van der Waals surface area contributed by atoms with Gasteiger partial charge in [-0.05, 0) is 25.0 Å². The summed E-state index contributed by atoms with van der Waals surface area (Å²) in [6.45, 7) is 0. The number of hydrogen-bond acceptors (Lipinski definition) is 3. The lowest BCUT2D eigenvalue weighted by Gasteiger charge is -2.28. The number of aliphatic hydroxyl groups excluding tert-OH is 1. The summed E-state index contributed by atoms with van der Waals surface area (Å²) < 4.78 is 14.5. The summed E-state index contributed by atoms with van der Waals surface area (Å²) in [5, 5.41) is 13.4. The molecule has 2 N–H and O–H groups in total. The third kappa shape index (κ3) is 2.98. The number of nitrogens with one attached hydrogen (secondary N) is 1. The van der Waals surface area contributed by atoms with Gasteiger partial charge in [-0.2, -0.15) is 0 Å². The Morgan fingerprint density at radius 1 is 1.36 bits per heavy atom. The predicted molar refractivity (Wildman–Crippen MR) is 85.1 cm³/mol. The molecule has 2 aromatic rings. The fraction of sp³-hybridized carbons (Fsp3) is 0.375. The van der Waals surface area contributed by atoms with Crippen LogP contribution in [-0.2, 0) is 0 Å². The summed E-state index contributed by atoms with van der Waals surface area (Å²) in [6.07, 6.45) is 2.85. The molecule has 1 fully saturated rings. The number of rotatable bonds is 2. The maximum absolute atomic E-state index is 13.9. The molecule has 22 heavy (non-hydrogen) atoms. The first kappa shape index (κ1) is 15.4. The quantitative estimate of drug-likeness (QED) is 0.857. The first-order valence-electron chi connectivity index (χ1n) is 7.30. The Morgan fingerprint density at radius 3 is 2.91 bits per heavy atom. The number of hydrogen-bond donors (Lipinski definition) is 2. The Balaban J connectivity index is 1.89. The zero-order valence-corrected chi connectivity index (χ0v) is 13.4. The van der Waals surface area contributed by atoms with E-state index < -0.39 is 17.8 Å². The molecule has 2 atom stereocenters. The topological polar surface area (TPSA) is 62.2 Å². The van der Waals surface area contributed by atoms with E-state index >= 15 is 0 Å². The largest absolute Gasteiger partial charge is 0.391 e. The van der Waals surface area contributed by atoms with Crippen molar-refractivity contribution in [2.75, 3.05) is 0 Å². The molecule has 1 amide bonds. The first-order valence-corrected chi connectivity index (χ1v) is 8.09. The highest BCUT2D eigenvalue weighted by atomic mass is 79.9. The van der Waals surface area contributed by atoms with Gasteiger partial charge in [-0.1, -0.05) is 40.9 Å². The lowest BCUT2D eigenvalue weighted by molar-refractivity contribution is 0.0714. The number of carbonyl (C=O) groups excluding carboxylic acids is 1. The van der Waals surface area contributed by atoms with E-state index in [1.54, 1.807) is 18.2 Å². The number of fused-ring (bicyclic) bond motifs is 1. The van der Waals surface area contributed by atoms with Crippen LogP contribution in [0.15, 0.2) is 28.7 Å². The van der Waals surface area contributed by atoms with Crippen molar-refractivity contribution >= 4 is 32.7 Å². The molecule has 0 spiro atoms. The zero-order valence-electron chi connectivity index (χ0n) is 11.9. The van der Waals surface area contributed by atoms with Gasteiger partial charge in [-0.25, -0.2) is 9.37 Å². The van der Waals surface area contributed by atoms with E-state index in [0.29, 0.717) is 16.3 Å². The van der Waals surface area contributed by atoms with Crippen molar-refractivity contribution in [2.24, 2.45) is 0 Å². The Kier molecular flexibility index (Phi) is 4.40. The third-order valence-corrected chi connectivity index (χ3v) is 4.67. The fourth-order valence-corrected chi connectivity index (χ4v) is 3.35. The monoisotopic (exact) mass is 366 g/mol. The molecule has 1 aromatic heterocycles. The molecule has 0 saturated heterocycles. The van der Waals surface area contributed by atoms with E-state index in [0.717, 1.165) is 19.3 Å². The predicted octanol–water partition coefficient (Wildman–Crippen LogP) is 3.17. The molecular formula is C16H16BrFN2O2. The Morgan fingerprint density at radius 2 is 2.14 bits per heavy atom. The Labute approximate surface area is 135 Å². The van der Waals surface area contributed by atoms with E-state index in [9.17, 15) is 14.3 Å². The van der Waals surface area contributed by atoms with Gasteiger partial charge < -0.3 is 10.4 Å². The van der Waals surface area contributed by atoms with Crippen LogP contribution in [0.2, 0.25) is 0 Å². The molecule has 1 heterocycles. The summed E-state index contributed by atoms with van der Waals surface area (Å²) in [7, 11) is 0. The standard InChI is InChI=1S/C16H16BrFN2O2/c17-10-8-13(19-15-9(10)4-3-5-11(15)18)16(22)20-12-6-1-2-7-14(12)21/h3-5,8,12,14,21H,1-2,6-7H2,(H,20,22)/t12-,14-/m0/s1. The molecule has 0 unspecified atom stereocenters. The van der Waals surface area contributed by atoms with Crippen LogP contribution in [0.5, 0.6) is 0 Å². The maximum Gasteiger partial charge on any atom is 0.270 e. The van der Waals surface area contributed by atoms with E-state index in [-0.39, 0.29) is 17.3 Å². The van der Waals surface area contributed by atoms with Gasteiger partial charge >= 0.3 is 0 Å². The lowest BCUT2D eigenvalue weighted by atomic mass is 9.92. The van der Waals surface area contributed by atoms with Crippen LogP contribution in [0.3, 0.4) is 0 Å². The SMILES string of the molecule is O=C(N[C@H]1CCCC[C@@H]1O)c1cc(Br)c2cccc(F)c2n1. The van der Waals surface area contributed by atoms with Gasteiger partial charge in [-0.3, -0.25) is 4.79 Å². The van der Waals surface area contributed by atoms with Crippen LogP contribution in [0, 0.1) is 5.82 Å². The number of carbonyl (C=O) groups is 1. The van der Waals surface area contributed by atoms with Gasteiger partial charge in [0.2, 0.25) is 0 Å². The summed E-state index contributed by atoms with van der Waals surface area (Å²) in [4.78, 5) is 16.5. The highest BCUT2D eigenvalue weighted by Crippen LogP contribution is 2.26. The second kappa shape index (κ2) is 6.30. The maximum atomic E-state index is 13.9. The van der Waals surface area contributed by atoms with Gasteiger partial charge in [0.05, 0.1) is 12.1 Å². The molecule has 1 aromatic carbocycles. The van der Waals surface area contributed by atoms with Crippen molar-refractivity contribution in [2.45, 2.75) is 37.8 Å². The summed E-state index contributed by atoms with van der Waals surface area (Å²) in [5.41, 5.74) is 0.300.